The number of hydrazine groups is 1. The van der Waals surface area contributed by atoms with Gasteiger partial charge < -0.3 is 0 Å². The Kier molecular flexibility index (Phi) is 4.91. The normalized spacial score (nSPS) is 10.7. The fourth-order valence-corrected chi connectivity index (χ4v) is 2.18. The van der Waals surface area contributed by atoms with E-state index >= 15 is 0 Å². The number of nitrogens with zero attached hydrogens (tertiary/aromatic N) is 1. The average molecular weight is 384 g/mol. The summed E-state index contributed by atoms with van der Waals surface area (Å²) < 4.78 is 39.7. The Morgan fingerprint density at radius 3 is 2.52 bits per heavy atom. The molecule has 0 saturated heterocycles. The predicted molar refractivity (Wildman–Crippen MR) is 81.4 cm³/mol. The lowest BCUT2D eigenvalue weighted by Gasteiger charge is -2.15. The summed E-state index contributed by atoms with van der Waals surface area (Å²) >= 11 is 3.20. The Labute approximate surface area is 138 Å². The van der Waals surface area contributed by atoms with Gasteiger partial charge in [-0.2, -0.15) is 18.4 Å². The van der Waals surface area contributed by atoms with Gasteiger partial charge in [0.2, 0.25) is 0 Å². The highest BCUT2D eigenvalue weighted by atomic mass is 79.9. The third kappa shape index (κ3) is 4.23. The highest BCUT2D eigenvalue weighted by molar-refractivity contribution is 9.10. The molecule has 0 radical (unpaired) electrons. The van der Waals surface area contributed by atoms with E-state index in [9.17, 15) is 18.0 Å². The van der Waals surface area contributed by atoms with E-state index in [0.29, 0.717) is 10.5 Å². The van der Waals surface area contributed by atoms with Gasteiger partial charge in [-0.15, -0.1) is 0 Å². The van der Waals surface area contributed by atoms with Crippen LogP contribution in [0.25, 0.3) is 0 Å². The van der Waals surface area contributed by atoms with Crippen molar-refractivity contribution in [3.63, 3.8) is 0 Å². The molecule has 2 N–H and O–H groups in total. The number of hydrogen-bond acceptors (Lipinski definition) is 3. The first-order valence-corrected chi connectivity index (χ1v) is 7.04. The van der Waals surface area contributed by atoms with Crippen LogP contribution in [0.15, 0.2) is 46.9 Å². The van der Waals surface area contributed by atoms with Crippen molar-refractivity contribution in [2.75, 3.05) is 5.43 Å². The van der Waals surface area contributed by atoms with Crippen LogP contribution in [-0.2, 0) is 6.18 Å². The van der Waals surface area contributed by atoms with Crippen molar-refractivity contribution in [3.05, 3.63) is 63.6 Å². The molecule has 8 heteroatoms. The van der Waals surface area contributed by atoms with Crippen molar-refractivity contribution in [2.24, 2.45) is 0 Å². The van der Waals surface area contributed by atoms with Crippen molar-refractivity contribution < 1.29 is 18.0 Å². The van der Waals surface area contributed by atoms with Gasteiger partial charge >= 0.3 is 6.18 Å². The molecular weight excluding hydrogens is 375 g/mol. The fraction of sp³-hybridized carbons (Fsp3) is 0.0667. The van der Waals surface area contributed by atoms with Gasteiger partial charge in [0, 0.05) is 10.0 Å². The van der Waals surface area contributed by atoms with Crippen molar-refractivity contribution >= 4 is 27.5 Å². The summed E-state index contributed by atoms with van der Waals surface area (Å²) in [5, 5.41) is 8.70. The maximum Gasteiger partial charge on any atom is 0.418 e. The zero-order valence-electron chi connectivity index (χ0n) is 11.4. The van der Waals surface area contributed by atoms with Crippen molar-refractivity contribution in [2.45, 2.75) is 6.18 Å². The first-order chi connectivity index (χ1) is 10.8. The molecule has 0 aliphatic rings. The van der Waals surface area contributed by atoms with Crippen molar-refractivity contribution in [3.8, 4) is 6.07 Å². The Hall–Kier alpha value is -2.53. The molecule has 1 amide bonds. The number of carbonyl (C=O) groups is 1. The molecule has 2 rings (SSSR count). The van der Waals surface area contributed by atoms with E-state index in [4.69, 9.17) is 5.26 Å². The van der Waals surface area contributed by atoms with Gasteiger partial charge in [-0.25, -0.2) is 0 Å². The molecule has 2 aromatic rings. The molecule has 0 aliphatic carbocycles. The summed E-state index contributed by atoms with van der Waals surface area (Å²) in [4.78, 5) is 11.9. The van der Waals surface area contributed by atoms with Crippen LogP contribution in [0.4, 0.5) is 18.9 Å². The lowest BCUT2D eigenvalue weighted by atomic mass is 10.1. The fourth-order valence-electron chi connectivity index (χ4n) is 1.78. The molecule has 0 fully saturated rings. The van der Waals surface area contributed by atoms with E-state index in [1.165, 1.54) is 18.2 Å². The van der Waals surface area contributed by atoms with Crippen LogP contribution in [0.2, 0.25) is 0 Å². The number of rotatable bonds is 3. The summed E-state index contributed by atoms with van der Waals surface area (Å²) in [5.41, 5.74) is 3.21. The molecule has 0 unspecified atom stereocenters. The van der Waals surface area contributed by atoms with Crippen LogP contribution in [-0.4, -0.2) is 5.91 Å². The van der Waals surface area contributed by atoms with Gasteiger partial charge in [-0.05, 0) is 36.4 Å². The van der Waals surface area contributed by atoms with Gasteiger partial charge in [0.05, 0.1) is 22.9 Å². The van der Waals surface area contributed by atoms with Crippen LogP contribution in [0.5, 0.6) is 0 Å². The van der Waals surface area contributed by atoms with Gasteiger partial charge in [0.1, 0.15) is 0 Å². The van der Waals surface area contributed by atoms with E-state index in [1.807, 2.05) is 0 Å². The third-order valence-electron chi connectivity index (χ3n) is 2.85. The van der Waals surface area contributed by atoms with Gasteiger partial charge in [-0.3, -0.25) is 15.6 Å². The third-order valence-corrected chi connectivity index (χ3v) is 3.34. The molecule has 23 heavy (non-hydrogen) atoms. The number of anilines is 1. The summed E-state index contributed by atoms with van der Waals surface area (Å²) in [6, 6.07) is 11.1. The lowest BCUT2D eigenvalue weighted by molar-refractivity contribution is -0.137. The van der Waals surface area contributed by atoms with Gasteiger partial charge in [0.15, 0.2) is 0 Å². The minimum absolute atomic E-state index is 0.124. The number of nitriles is 1. The minimum Gasteiger partial charge on any atom is -0.298 e. The number of halogens is 4. The van der Waals surface area contributed by atoms with E-state index in [1.54, 1.807) is 18.2 Å². The molecule has 0 bridgehead atoms. The molecular formula is C15H9BrF3N3O. The van der Waals surface area contributed by atoms with Crippen molar-refractivity contribution in [1.29, 1.82) is 5.26 Å². The van der Waals surface area contributed by atoms with Crippen LogP contribution in [0, 0.1) is 11.3 Å². The van der Waals surface area contributed by atoms with E-state index < -0.39 is 17.6 Å². The van der Waals surface area contributed by atoms with E-state index in [0.717, 1.165) is 6.07 Å². The molecule has 0 atom stereocenters. The maximum absolute atomic E-state index is 13.0. The smallest absolute Gasteiger partial charge is 0.298 e. The predicted octanol–water partition coefficient (Wildman–Crippen LogP) is 4.10. The monoisotopic (exact) mass is 383 g/mol. The summed E-state index contributed by atoms with van der Waals surface area (Å²) in [7, 11) is 0. The first kappa shape index (κ1) is 16.8. The zero-order chi connectivity index (χ0) is 17.0. The van der Waals surface area contributed by atoms with Crippen LogP contribution >= 0.6 is 15.9 Å². The molecule has 0 aliphatic heterocycles. The van der Waals surface area contributed by atoms with Gasteiger partial charge in [-0.1, -0.05) is 22.0 Å². The molecule has 2 aromatic carbocycles. The topological polar surface area (TPSA) is 64.9 Å². The minimum atomic E-state index is -4.66. The highest BCUT2D eigenvalue weighted by Crippen LogP contribution is 2.35. The Morgan fingerprint density at radius 2 is 1.91 bits per heavy atom. The number of benzene rings is 2. The van der Waals surface area contributed by atoms with Crippen LogP contribution in [0.1, 0.15) is 21.5 Å². The Bertz CT molecular complexity index is 784. The lowest BCUT2D eigenvalue weighted by Crippen LogP contribution is -2.30. The summed E-state index contributed by atoms with van der Waals surface area (Å²) in [5.74, 6) is -0.594. The quantitative estimate of drug-likeness (QED) is 0.784. The second kappa shape index (κ2) is 6.71. The Balaban J connectivity index is 2.21. The summed E-state index contributed by atoms with van der Waals surface area (Å²) in [6.45, 7) is 0. The summed E-state index contributed by atoms with van der Waals surface area (Å²) in [6.07, 6.45) is -4.66. The SMILES string of the molecule is N#Cc1ccc(NNC(=O)c2cccc(Br)c2)c(C(F)(F)F)c1. The Morgan fingerprint density at radius 1 is 1.17 bits per heavy atom. The second-order valence-electron chi connectivity index (χ2n) is 4.46. The number of amides is 1. The molecule has 0 spiro atoms. The number of nitrogens with one attached hydrogen (secondary N) is 2. The molecule has 0 heterocycles. The van der Waals surface area contributed by atoms with Gasteiger partial charge in [0.25, 0.3) is 5.91 Å². The average Bonchev–Trinajstić information content (AvgIpc) is 2.51. The molecule has 0 aromatic heterocycles. The number of alkyl halides is 3. The van der Waals surface area contributed by atoms with E-state index in [-0.39, 0.29) is 16.8 Å². The molecule has 0 saturated carbocycles. The first-order valence-electron chi connectivity index (χ1n) is 6.24. The van der Waals surface area contributed by atoms with Crippen molar-refractivity contribution in [1.82, 2.24) is 5.43 Å². The molecule has 4 nitrogen and oxygen atoms in total. The highest BCUT2D eigenvalue weighted by Gasteiger charge is 2.34. The molecule has 118 valence electrons. The van der Waals surface area contributed by atoms with E-state index in [2.05, 4.69) is 26.8 Å². The maximum atomic E-state index is 13.0. The van der Waals surface area contributed by atoms with Crippen LogP contribution < -0.4 is 10.9 Å². The largest absolute Gasteiger partial charge is 0.418 e. The zero-order valence-corrected chi connectivity index (χ0v) is 13.0. The number of hydrogen-bond donors (Lipinski definition) is 2. The number of carbonyl (C=O) groups excluding carboxylic acids is 1. The standard InChI is InChI=1S/C15H9BrF3N3O/c16-11-3-1-2-10(7-11)14(23)22-21-13-5-4-9(8-20)6-12(13)15(17,18)19/h1-7,21H,(H,22,23). The second-order valence-corrected chi connectivity index (χ2v) is 5.38. The van der Waals surface area contributed by atoms with Crippen LogP contribution in [0.3, 0.4) is 0 Å².